The summed E-state index contributed by atoms with van der Waals surface area (Å²) in [6, 6.07) is 4.46. The molecule has 134 valence electrons. The van der Waals surface area contributed by atoms with Gasteiger partial charge in [-0.15, -0.1) is 0 Å². The zero-order chi connectivity index (χ0) is 18.0. The summed E-state index contributed by atoms with van der Waals surface area (Å²) in [7, 11) is 0. The van der Waals surface area contributed by atoms with E-state index < -0.39 is 5.54 Å². The summed E-state index contributed by atoms with van der Waals surface area (Å²) in [5.41, 5.74) is -0.257. The first kappa shape index (κ1) is 18.0. The highest BCUT2D eigenvalue weighted by Crippen LogP contribution is 2.35. The van der Waals surface area contributed by atoms with Crippen LogP contribution in [0.1, 0.15) is 38.5 Å². The van der Waals surface area contributed by atoms with E-state index in [0.29, 0.717) is 35.0 Å². The molecule has 25 heavy (non-hydrogen) atoms. The Labute approximate surface area is 155 Å². The van der Waals surface area contributed by atoms with Crippen LogP contribution in [0.3, 0.4) is 0 Å². The molecule has 4 amide bonds. The minimum Gasteiger partial charge on any atom is -0.325 e. The van der Waals surface area contributed by atoms with Crippen molar-refractivity contribution in [3.05, 3.63) is 28.2 Å². The maximum atomic E-state index is 12.5. The average molecular weight is 384 g/mol. The van der Waals surface area contributed by atoms with Gasteiger partial charge < -0.3 is 10.6 Å². The molecule has 0 radical (unpaired) electrons. The number of halogens is 2. The summed E-state index contributed by atoms with van der Waals surface area (Å²) < 4.78 is 0. The van der Waals surface area contributed by atoms with Crippen LogP contribution < -0.4 is 10.6 Å². The van der Waals surface area contributed by atoms with Crippen molar-refractivity contribution >= 4 is 46.7 Å². The lowest BCUT2D eigenvalue weighted by Crippen LogP contribution is -2.44. The Morgan fingerprint density at radius 2 is 1.96 bits per heavy atom. The van der Waals surface area contributed by atoms with E-state index in [1.165, 1.54) is 4.90 Å². The van der Waals surface area contributed by atoms with E-state index in [4.69, 9.17) is 23.2 Å². The normalized spacial score (nSPS) is 18.7. The van der Waals surface area contributed by atoms with Crippen molar-refractivity contribution in [2.75, 3.05) is 11.9 Å². The fourth-order valence-corrected chi connectivity index (χ4v) is 3.74. The van der Waals surface area contributed by atoms with E-state index in [2.05, 4.69) is 10.6 Å². The number of imide groups is 1. The fraction of sp³-hybridized carbons (Fsp3) is 0.471. The first-order valence-electron chi connectivity index (χ1n) is 8.30. The van der Waals surface area contributed by atoms with Gasteiger partial charge in [0.1, 0.15) is 5.54 Å². The van der Waals surface area contributed by atoms with E-state index in [0.717, 1.165) is 12.8 Å². The van der Waals surface area contributed by atoms with Crippen molar-refractivity contribution in [3.63, 3.8) is 0 Å². The predicted molar refractivity (Wildman–Crippen MR) is 95.8 cm³/mol. The van der Waals surface area contributed by atoms with Crippen LogP contribution in [-0.4, -0.2) is 34.8 Å². The third-order valence-electron chi connectivity index (χ3n) is 4.69. The van der Waals surface area contributed by atoms with Crippen molar-refractivity contribution in [1.82, 2.24) is 10.2 Å². The standard InChI is InChI=1S/C17H19Cl2N3O3/c18-11-5-6-12(19)13(10-11)20-14(23)4-3-9-22-15(24)17(21-16(22)25)7-1-2-8-17/h5-6,10H,1-4,7-9H2,(H,20,23)(H,21,25). The van der Waals surface area contributed by atoms with Crippen molar-refractivity contribution in [3.8, 4) is 0 Å². The SMILES string of the molecule is O=C(CCCN1C(=O)NC2(CCCC2)C1=O)Nc1cc(Cl)ccc1Cl. The molecule has 0 unspecified atom stereocenters. The number of benzene rings is 1. The number of hydrogen-bond donors (Lipinski definition) is 2. The number of hydrogen-bond acceptors (Lipinski definition) is 3. The van der Waals surface area contributed by atoms with Gasteiger partial charge in [-0.2, -0.15) is 0 Å². The van der Waals surface area contributed by atoms with Crippen LogP contribution in [0.15, 0.2) is 18.2 Å². The largest absolute Gasteiger partial charge is 0.325 e. The van der Waals surface area contributed by atoms with E-state index in [-0.39, 0.29) is 30.8 Å². The van der Waals surface area contributed by atoms with Crippen LogP contribution in [0.25, 0.3) is 0 Å². The minimum absolute atomic E-state index is 0.159. The first-order valence-corrected chi connectivity index (χ1v) is 9.06. The smallest absolute Gasteiger partial charge is 0.325 e. The van der Waals surface area contributed by atoms with Crippen LogP contribution in [0.5, 0.6) is 0 Å². The molecule has 1 spiro atoms. The monoisotopic (exact) mass is 383 g/mol. The summed E-state index contributed by atoms with van der Waals surface area (Å²) in [4.78, 5) is 37.8. The summed E-state index contributed by atoms with van der Waals surface area (Å²) >= 11 is 11.9. The topological polar surface area (TPSA) is 78.5 Å². The van der Waals surface area contributed by atoms with Gasteiger partial charge in [-0.1, -0.05) is 36.0 Å². The Hall–Kier alpha value is -1.79. The number of amides is 4. The predicted octanol–water partition coefficient (Wildman–Crippen LogP) is 3.58. The summed E-state index contributed by atoms with van der Waals surface area (Å²) in [5, 5.41) is 6.38. The van der Waals surface area contributed by atoms with Gasteiger partial charge >= 0.3 is 6.03 Å². The maximum Gasteiger partial charge on any atom is 0.325 e. The molecule has 1 aromatic carbocycles. The number of urea groups is 1. The molecule has 0 atom stereocenters. The average Bonchev–Trinajstić information content (AvgIpc) is 3.12. The van der Waals surface area contributed by atoms with Crippen molar-refractivity contribution in [2.45, 2.75) is 44.1 Å². The highest BCUT2D eigenvalue weighted by molar-refractivity contribution is 6.35. The lowest BCUT2D eigenvalue weighted by atomic mass is 9.98. The van der Waals surface area contributed by atoms with Crippen LogP contribution in [0.4, 0.5) is 10.5 Å². The van der Waals surface area contributed by atoms with E-state index in [1.54, 1.807) is 18.2 Å². The van der Waals surface area contributed by atoms with Crippen LogP contribution >= 0.6 is 23.2 Å². The second kappa shape index (κ2) is 7.22. The van der Waals surface area contributed by atoms with E-state index in [1.807, 2.05) is 0 Å². The van der Waals surface area contributed by atoms with E-state index in [9.17, 15) is 14.4 Å². The third kappa shape index (κ3) is 3.75. The minimum atomic E-state index is -0.701. The summed E-state index contributed by atoms with van der Waals surface area (Å²) in [6.07, 6.45) is 3.85. The second-order valence-electron chi connectivity index (χ2n) is 6.45. The summed E-state index contributed by atoms with van der Waals surface area (Å²) in [6.45, 7) is 0.225. The van der Waals surface area contributed by atoms with E-state index >= 15 is 0 Å². The molecule has 0 bridgehead atoms. The molecule has 1 heterocycles. The van der Waals surface area contributed by atoms with Gasteiger partial charge in [0.05, 0.1) is 10.7 Å². The van der Waals surface area contributed by atoms with Gasteiger partial charge in [0.15, 0.2) is 0 Å². The van der Waals surface area contributed by atoms with Gasteiger partial charge in [-0.25, -0.2) is 4.79 Å². The van der Waals surface area contributed by atoms with Gasteiger partial charge in [-0.05, 0) is 37.5 Å². The van der Waals surface area contributed by atoms with Crippen LogP contribution in [0.2, 0.25) is 10.0 Å². The highest BCUT2D eigenvalue weighted by atomic mass is 35.5. The quantitative estimate of drug-likeness (QED) is 0.762. The zero-order valence-corrected chi connectivity index (χ0v) is 15.1. The molecule has 6 nitrogen and oxygen atoms in total. The number of nitrogens with one attached hydrogen (secondary N) is 2. The van der Waals surface area contributed by atoms with Gasteiger partial charge in [0, 0.05) is 18.0 Å². The second-order valence-corrected chi connectivity index (χ2v) is 7.30. The molecule has 1 saturated carbocycles. The molecule has 0 aromatic heterocycles. The Morgan fingerprint density at radius 1 is 1.24 bits per heavy atom. The number of carbonyl (C=O) groups is 3. The number of anilines is 1. The molecule has 1 saturated heterocycles. The van der Waals surface area contributed by atoms with Crippen LogP contribution in [0, 0.1) is 0 Å². The first-order chi connectivity index (χ1) is 11.9. The Morgan fingerprint density at radius 3 is 2.68 bits per heavy atom. The number of carbonyl (C=O) groups excluding carboxylic acids is 3. The van der Waals surface area contributed by atoms with Crippen LogP contribution in [-0.2, 0) is 9.59 Å². The number of nitrogens with zero attached hydrogens (tertiary/aromatic N) is 1. The summed E-state index contributed by atoms with van der Waals surface area (Å²) in [5.74, 6) is -0.403. The lowest BCUT2D eigenvalue weighted by Gasteiger charge is -2.19. The Kier molecular flexibility index (Phi) is 5.20. The number of rotatable bonds is 5. The van der Waals surface area contributed by atoms with Gasteiger partial charge in [-0.3, -0.25) is 14.5 Å². The molecule has 2 N–H and O–H groups in total. The molecule has 1 aliphatic carbocycles. The molecule has 2 fully saturated rings. The molecule has 1 aromatic rings. The lowest BCUT2D eigenvalue weighted by molar-refractivity contribution is -0.131. The third-order valence-corrected chi connectivity index (χ3v) is 5.26. The Bertz CT molecular complexity index is 717. The molecule has 2 aliphatic rings. The molecule has 3 rings (SSSR count). The van der Waals surface area contributed by atoms with Crippen molar-refractivity contribution in [1.29, 1.82) is 0 Å². The Balaban J connectivity index is 1.51. The van der Waals surface area contributed by atoms with Crippen molar-refractivity contribution < 1.29 is 14.4 Å². The van der Waals surface area contributed by atoms with Gasteiger partial charge in [0.25, 0.3) is 5.91 Å². The maximum absolute atomic E-state index is 12.5. The molecule has 1 aliphatic heterocycles. The fourth-order valence-electron chi connectivity index (χ4n) is 3.40. The van der Waals surface area contributed by atoms with Gasteiger partial charge in [0.2, 0.25) is 5.91 Å². The molecular weight excluding hydrogens is 365 g/mol. The molecule has 8 heteroatoms. The molecular formula is C17H19Cl2N3O3. The van der Waals surface area contributed by atoms with Crippen molar-refractivity contribution in [2.24, 2.45) is 0 Å². The zero-order valence-electron chi connectivity index (χ0n) is 13.6. The highest BCUT2D eigenvalue weighted by Gasteiger charge is 2.51.